The number of carbonyl (C=O) groups excluding carboxylic acids is 3. The zero-order valence-corrected chi connectivity index (χ0v) is 15.1. The maximum Gasteiger partial charge on any atom is 0.294 e. The lowest BCUT2D eigenvalue weighted by Crippen LogP contribution is -2.36. The standard InChI is InChI=1S/C18H11ClF2N2O3S/c19-13-2-1-3-14(21)12(13)8-15-17(25)23(18(26)27-15)9-16(24)22-11-6-4-10(20)5-7-11/h1-8H,9H2,(H,22,24)/b15-8-. The van der Waals surface area contributed by atoms with Crippen LogP contribution in [-0.4, -0.2) is 28.5 Å². The zero-order valence-electron chi connectivity index (χ0n) is 13.5. The van der Waals surface area contributed by atoms with Crippen LogP contribution in [0.4, 0.5) is 19.3 Å². The third kappa shape index (κ3) is 4.35. The number of benzene rings is 2. The van der Waals surface area contributed by atoms with Crippen LogP contribution in [0.15, 0.2) is 47.4 Å². The lowest BCUT2D eigenvalue weighted by molar-refractivity contribution is -0.127. The lowest BCUT2D eigenvalue weighted by Gasteiger charge is -2.12. The van der Waals surface area contributed by atoms with Crippen molar-refractivity contribution in [1.29, 1.82) is 0 Å². The molecule has 1 N–H and O–H groups in total. The Morgan fingerprint density at radius 1 is 1.15 bits per heavy atom. The van der Waals surface area contributed by atoms with Crippen LogP contribution in [0, 0.1) is 11.6 Å². The summed E-state index contributed by atoms with van der Waals surface area (Å²) in [5, 5.41) is 1.89. The van der Waals surface area contributed by atoms with Gasteiger partial charge in [0.1, 0.15) is 18.2 Å². The van der Waals surface area contributed by atoms with Gasteiger partial charge >= 0.3 is 0 Å². The first kappa shape index (κ1) is 19.1. The van der Waals surface area contributed by atoms with E-state index >= 15 is 0 Å². The quantitative estimate of drug-likeness (QED) is 0.766. The van der Waals surface area contributed by atoms with Gasteiger partial charge in [0.05, 0.1) is 9.93 Å². The Balaban J connectivity index is 1.73. The van der Waals surface area contributed by atoms with Gasteiger partial charge in [-0.05, 0) is 54.2 Å². The van der Waals surface area contributed by atoms with Gasteiger partial charge in [0.2, 0.25) is 5.91 Å². The van der Waals surface area contributed by atoms with Crippen molar-refractivity contribution in [2.45, 2.75) is 0 Å². The van der Waals surface area contributed by atoms with Crippen molar-refractivity contribution < 1.29 is 23.2 Å². The summed E-state index contributed by atoms with van der Waals surface area (Å²) in [6.07, 6.45) is 1.18. The number of anilines is 1. The minimum atomic E-state index is -0.724. The number of hydrogen-bond acceptors (Lipinski definition) is 4. The van der Waals surface area contributed by atoms with E-state index in [2.05, 4.69) is 5.32 Å². The Kier molecular flexibility index (Phi) is 5.57. The molecule has 1 aliphatic heterocycles. The second-order valence-electron chi connectivity index (χ2n) is 5.46. The van der Waals surface area contributed by atoms with Crippen LogP contribution in [0.2, 0.25) is 5.02 Å². The van der Waals surface area contributed by atoms with E-state index in [0.717, 1.165) is 17.0 Å². The number of imide groups is 1. The SMILES string of the molecule is O=C(CN1C(=O)S/C(=C\c2c(F)cccc2Cl)C1=O)Nc1ccc(F)cc1. The Labute approximate surface area is 162 Å². The fraction of sp³-hybridized carbons (Fsp3) is 0.0556. The molecule has 3 rings (SSSR count). The van der Waals surface area contributed by atoms with Crippen LogP contribution in [0.1, 0.15) is 5.56 Å². The summed E-state index contributed by atoms with van der Waals surface area (Å²) in [7, 11) is 0. The van der Waals surface area contributed by atoms with E-state index in [1.54, 1.807) is 0 Å². The molecule has 0 radical (unpaired) electrons. The van der Waals surface area contributed by atoms with E-state index in [1.807, 2.05) is 0 Å². The van der Waals surface area contributed by atoms with Crippen LogP contribution >= 0.6 is 23.4 Å². The maximum absolute atomic E-state index is 13.9. The van der Waals surface area contributed by atoms with Gasteiger partial charge in [-0.3, -0.25) is 19.3 Å². The molecule has 0 bridgehead atoms. The highest BCUT2D eigenvalue weighted by molar-refractivity contribution is 8.18. The molecule has 1 fully saturated rings. The molecule has 1 heterocycles. The van der Waals surface area contributed by atoms with Gasteiger partial charge in [-0.25, -0.2) is 8.78 Å². The topological polar surface area (TPSA) is 66.5 Å². The first-order chi connectivity index (χ1) is 12.8. The largest absolute Gasteiger partial charge is 0.325 e. The highest BCUT2D eigenvalue weighted by Gasteiger charge is 2.36. The molecule has 9 heteroatoms. The third-order valence-electron chi connectivity index (χ3n) is 3.58. The van der Waals surface area contributed by atoms with E-state index < -0.39 is 35.2 Å². The maximum atomic E-state index is 13.9. The number of amides is 3. The van der Waals surface area contributed by atoms with E-state index in [4.69, 9.17) is 11.6 Å². The molecular weight excluding hydrogens is 398 g/mol. The summed E-state index contributed by atoms with van der Waals surface area (Å²) in [4.78, 5) is 37.2. The number of carbonyl (C=O) groups is 3. The molecule has 2 aromatic carbocycles. The van der Waals surface area contributed by atoms with Crippen LogP contribution in [-0.2, 0) is 9.59 Å². The molecule has 3 amide bonds. The van der Waals surface area contributed by atoms with Gasteiger partial charge in [-0.15, -0.1) is 0 Å². The normalized spacial score (nSPS) is 15.5. The predicted octanol–water partition coefficient (Wildman–Crippen LogP) is 4.29. The molecule has 138 valence electrons. The molecule has 0 spiro atoms. The molecule has 0 aromatic heterocycles. The van der Waals surface area contributed by atoms with E-state index in [1.165, 1.54) is 36.4 Å². The highest BCUT2D eigenvalue weighted by Crippen LogP contribution is 2.34. The fourth-order valence-electron chi connectivity index (χ4n) is 2.29. The van der Waals surface area contributed by atoms with Crippen LogP contribution in [0.3, 0.4) is 0 Å². The Morgan fingerprint density at radius 3 is 2.52 bits per heavy atom. The van der Waals surface area contributed by atoms with Crippen molar-refractivity contribution in [2.24, 2.45) is 0 Å². The summed E-state index contributed by atoms with van der Waals surface area (Å²) in [6, 6.07) is 9.07. The second kappa shape index (κ2) is 7.89. The molecular formula is C18H11ClF2N2O3S. The molecule has 5 nitrogen and oxygen atoms in total. The molecule has 0 aliphatic carbocycles. The van der Waals surface area contributed by atoms with E-state index in [9.17, 15) is 23.2 Å². The van der Waals surface area contributed by atoms with Gasteiger partial charge < -0.3 is 5.32 Å². The van der Waals surface area contributed by atoms with Crippen molar-refractivity contribution in [3.63, 3.8) is 0 Å². The van der Waals surface area contributed by atoms with Crippen molar-refractivity contribution in [3.05, 3.63) is 69.6 Å². The number of nitrogens with one attached hydrogen (secondary N) is 1. The second-order valence-corrected chi connectivity index (χ2v) is 6.86. The molecule has 1 saturated heterocycles. The average molecular weight is 409 g/mol. The Morgan fingerprint density at radius 2 is 1.85 bits per heavy atom. The third-order valence-corrected chi connectivity index (χ3v) is 4.82. The molecule has 27 heavy (non-hydrogen) atoms. The lowest BCUT2D eigenvalue weighted by atomic mass is 10.2. The van der Waals surface area contributed by atoms with E-state index in [0.29, 0.717) is 17.4 Å². The van der Waals surface area contributed by atoms with Crippen LogP contribution < -0.4 is 5.32 Å². The number of rotatable bonds is 4. The fourth-order valence-corrected chi connectivity index (χ4v) is 3.33. The number of halogens is 3. The zero-order chi connectivity index (χ0) is 19.6. The van der Waals surface area contributed by atoms with Crippen LogP contribution in [0.25, 0.3) is 6.08 Å². The minimum absolute atomic E-state index is 0.0135. The predicted molar refractivity (Wildman–Crippen MR) is 99.1 cm³/mol. The monoisotopic (exact) mass is 408 g/mol. The molecule has 2 aromatic rings. The Hall–Kier alpha value is -2.71. The molecule has 0 saturated carbocycles. The van der Waals surface area contributed by atoms with Crippen molar-refractivity contribution in [1.82, 2.24) is 4.90 Å². The summed E-state index contributed by atoms with van der Waals surface area (Å²) >= 11 is 6.51. The Bertz CT molecular complexity index is 943. The summed E-state index contributed by atoms with van der Waals surface area (Å²) in [5.41, 5.74) is 0.308. The van der Waals surface area contributed by atoms with Crippen molar-refractivity contribution in [3.8, 4) is 0 Å². The first-order valence-corrected chi connectivity index (χ1v) is 8.79. The van der Waals surface area contributed by atoms with Crippen molar-refractivity contribution >= 4 is 52.2 Å². The van der Waals surface area contributed by atoms with Crippen molar-refractivity contribution in [2.75, 3.05) is 11.9 Å². The summed E-state index contributed by atoms with van der Waals surface area (Å²) in [6.45, 7) is -0.523. The first-order valence-electron chi connectivity index (χ1n) is 7.60. The van der Waals surface area contributed by atoms with Gasteiger partial charge in [0.25, 0.3) is 11.1 Å². The molecule has 0 unspecified atom stereocenters. The molecule has 0 atom stereocenters. The number of thioether (sulfide) groups is 1. The van der Waals surface area contributed by atoms with Gasteiger partial charge in [0.15, 0.2) is 0 Å². The van der Waals surface area contributed by atoms with Gasteiger partial charge in [0, 0.05) is 11.3 Å². The van der Waals surface area contributed by atoms with Gasteiger partial charge in [-0.1, -0.05) is 17.7 Å². The average Bonchev–Trinajstić information content (AvgIpc) is 2.88. The molecule has 1 aliphatic rings. The minimum Gasteiger partial charge on any atom is -0.325 e. The summed E-state index contributed by atoms with van der Waals surface area (Å²) in [5.74, 6) is -2.45. The van der Waals surface area contributed by atoms with Gasteiger partial charge in [-0.2, -0.15) is 0 Å². The van der Waals surface area contributed by atoms with E-state index in [-0.39, 0.29) is 15.5 Å². The highest BCUT2D eigenvalue weighted by atomic mass is 35.5. The summed E-state index contributed by atoms with van der Waals surface area (Å²) < 4.78 is 26.7. The number of hydrogen-bond donors (Lipinski definition) is 1. The van der Waals surface area contributed by atoms with Crippen LogP contribution in [0.5, 0.6) is 0 Å². The number of nitrogens with zero attached hydrogens (tertiary/aromatic N) is 1. The smallest absolute Gasteiger partial charge is 0.294 e.